The Morgan fingerprint density at radius 1 is 1.16 bits per heavy atom. The summed E-state index contributed by atoms with van der Waals surface area (Å²) in [7, 11) is 3.08. The molecule has 1 aromatic rings. The van der Waals surface area contributed by atoms with Crippen molar-refractivity contribution in [2.75, 3.05) is 14.1 Å². The molecular weight excluding hydrogens is 492 g/mol. The summed E-state index contributed by atoms with van der Waals surface area (Å²) in [6.07, 6.45) is -0.288. The van der Waals surface area contributed by atoms with Gasteiger partial charge in [0, 0.05) is 17.0 Å². The van der Waals surface area contributed by atoms with E-state index in [9.17, 15) is 39.9 Å². The normalized spacial score (nSPS) is 31.2. The molecule has 0 radical (unpaired) electrons. The minimum absolute atomic E-state index is 0.0860. The first-order valence-electron chi connectivity index (χ1n) is 12.8. The van der Waals surface area contributed by atoms with Gasteiger partial charge in [0.1, 0.15) is 22.8 Å². The average Bonchev–Trinajstić information content (AvgIpc) is 2.80. The lowest BCUT2D eigenvalue weighted by Crippen LogP contribution is -2.68. The zero-order valence-corrected chi connectivity index (χ0v) is 22.4. The van der Waals surface area contributed by atoms with E-state index < -0.39 is 81.2 Å². The number of benzene rings is 1. The van der Waals surface area contributed by atoms with E-state index in [4.69, 9.17) is 0 Å². The number of carbonyl (C=O) groups excluding carboxylic acids is 3. The van der Waals surface area contributed by atoms with E-state index in [1.54, 1.807) is 47.0 Å². The molecule has 6 atom stereocenters. The number of nitrogens with zero attached hydrogens (tertiary/aromatic N) is 1. The molecule has 10 heteroatoms. The Morgan fingerprint density at radius 3 is 2.37 bits per heavy atom. The van der Waals surface area contributed by atoms with E-state index in [0.29, 0.717) is 12.0 Å². The van der Waals surface area contributed by atoms with Crippen LogP contribution in [0.3, 0.4) is 0 Å². The molecule has 0 heterocycles. The number of hydrogen-bond donors (Lipinski definition) is 6. The Balaban J connectivity index is 1.95. The van der Waals surface area contributed by atoms with Crippen molar-refractivity contribution in [1.29, 1.82) is 0 Å². The van der Waals surface area contributed by atoms with Crippen LogP contribution < -0.4 is 5.32 Å². The number of ketones is 2. The summed E-state index contributed by atoms with van der Waals surface area (Å²) >= 11 is 0. The van der Waals surface area contributed by atoms with Crippen molar-refractivity contribution in [2.24, 2.45) is 11.8 Å². The minimum Gasteiger partial charge on any atom is -0.510 e. The first-order valence-corrected chi connectivity index (χ1v) is 12.8. The lowest BCUT2D eigenvalue weighted by molar-refractivity contribution is -0.162. The minimum atomic E-state index is -2.88. The molecule has 0 aliphatic heterocycles. The number of amides is 1. The number of phenolic OH excluding ortho intramolecular Hbond substituents is 1. The zero-order chi connectivity index (χ0) is 28.5. The number of Topliss-reactive ketones (excluding diaryl/α,β-unsaturated/α-hetero) is 2. The second-order valence-electron chi connectivity index (χ2n) is 11.5. The molecule has 0 saturated heterocycles. The molecule has 4 rings (SSSR count). The second kappa shape index (κ2) is 9.21. The average molecular weight is 529 g/mol. The van der Waals surface area contributed by atoms with Crippen LogP contribution in [0.4, 0.5) is 0 Å². The van der Waals surface area contributed by atoms with Crippen LogP contribution in [0.25, 0.3) is 0 Å². The lowest BCUT2D eigenvalue weighted by atomic mass is 9.55. The summed E-state index contributed by atoms with van der Waals surface area (Å²) in [5.41, 5.74) is -4.41. The predicted octanol–water partition coefficient (Wildman–Crippen LogP) is 1.86. The van der Waals surface area contributed by atoms with Crippen molar-refractivity contribution in [1.82, 2.24) is 10.2 Å². The largest absolute Gasteiger partial charge is 0.510 e. The van der Waals surface area contributed by atoms with Crippen molar-refractivity contribution in [3.05, 3.63) is 52.0 Å². The van der Waals surface area contributed by atoms with Gasteiger partial charge in [-0.3, -0.25) is 19.3 Å². The van der Waals surface area contributed by atoms with E-state index in [1.165, 1.54) is 11.0 Å². The molecule has 0 unspecified atom stereocenters. The lowest BCUT2D eigenvalue weighted by Gasteiger charge is -2.53. The summed E-state index contributed by atoms with van der Waals surface area (Å²) in [4.78, 5) is 42.2. The van der Waals surface area contributed by atoms with Gasteiger partial charge in [0.15, 0.2) is 11.4 Å². The van der Waals surface area contributed by atoms with Gasteiger partial charge < -0.3 is 30.8 Å². The van der Waals surface area contributed by atoms with E-state index in [0.717, 1.165) is 6.42 Å². The van der Waals surface area contributed by atoms with Gasteiger partial charge in [-0.05, 0) is 51.9 Å². The van der Waals surface area contributed by atoms with Gasteiger partial charge in [0.05, 0.1) is 23.6 Å². The molecule has 1 amide bonds. The fourth-order valence-electron chi connectivity index (χ4n) is 6.62. The van der Waals surface area contributed by atoms with Crippen LogP contribution in [-0.4, -0.2) is 85.3 Å². The van der Waals surface area contributed by atoms with Crippen LogP contribution >= 0.6 is 0 Å². The Hall–Kier alpha value is -3.21. The summed E-state index contributed by atoms with van der Waals surface area (Å²) in [5, 5.41) is 59.5. The molecule has 1 aromatic carbocycles. The summed E-state index contributed by atoms with van der Waals surface area (Å²) in [5.74, 6) is -8.19. The van der Waals surface area contributed by atoms with Gasteiger partial charge in [-0.2, -0.15) is 0 Å². The third-order valence-corrected chi connectivity index (χ3v) is 8.30. The molecule has 3 aliphatic carbocycles. The summed E-state index contributed by atoms with van der Waals surface area (Å²) < 4.78 is 0. The van der Waals surface area contributed by atoms with Gasteiger partial charge in [0.2, 0.25) is 5.78 Å². The second-order valence-corrected chi connectivity index (χ2v) is 11.5. The van der Waals surface area contributed by atoms with Crippen molar-refractivity contribution in [2.45, 2.75) is 69.7 Å². The number of aromatic hydroxyl groups is 1. The molecule has 38 heavy (non-hydrogen) atoms. The number of fused-ring (bicyclic) bond motifs is 3. The highest BCUT2D eigenvalue weighted by molar-refractivity contribution is 6.25. The summed E-state index contributed by atoms with van der Waals surface area (Å²) in [6, 6.07) is 3.25. The highest BCUT2D eigenvalue weighted by Crippen LogP contribution is 2.55. The van der Waals surface area contributed by atoms with Gasteiger partial charge in [-0.1, -0.05) is 32.4 Å². The monoisotopic (exact) mass is 528 g/mol. The number of aliphatic hydroxyl groups is 4. The van der Waals surface area contributed by atoms with E-state index in [2.05, 4.69) is 5.32 Å². The first-order chi connectivity index (χ1) is 17.6. The third kappa shape index (κ3) is 3.77. The van der Waals surface area contributed by atoms with Crippen LogP contribution in [0.5, 0.6) is 5.75 Å². The molecule has 6 N–H and O–H groups in total. The Kier molecular flexibility index (Phi) is 6.75. The molecule has 206 valence electrons. The predicted molar refractivity (Wildman–Crippen MR) is 138 cm³/mol. The number of likely N-dealkylation sites (N-methyl/N-ethyl adjacent to an activating group) is 1. The topological polar surface area (TPSA) is 168 Å². The number of carbonyl (C=O) groups is 3. The number of rotatable bonds is 5. The van der Waals surface area contributed by atoms with E-state index >= 15 is 0 Å². The molecule has 0 fully saturated rings. The van der Waals surface area contributed by atoms with Gasteiger partial charge in [-0.25, -0.2) is 0 Å². The standard InChI is InChI=1S/C28H36N2O8/c1-7-11-27(3,4)29-26(37)18-23(34)20(30(5)6)19-22(33)15-12(2)13-9-8-10-14(31)16(13)21(32)17(15)24(35)28(19,38)25(18)36/h8-10,12,15,19-20,22,31,33-35,38H,7,11H2,1-6H3,(H,29,37)/t12-,15+,19+,20-,22-,28-/m0/s1. The number of nitrogens with one attached hydrogen (secondary N) is 1. The maximum atomic E-state index is 13.9. The van der Waals surface area contributed by atoms with Crippen molar-refractivity contribution in [3.63, 3.8) is 0 Å². The molecule has 0 bridgehead atoms. The van der Waals surface area contributed by atoms with Crippen LogP contribution in [0.1, 0.15) is 62.4 Å². The van der Waals surface area contributed by atoms with Crippen LogP contribution in [-0.2, 0) is 9.59 Å². The van der Waals surface area contributed by atoms with E-state index in [1.807, 2.05) is 6.92 Å². The quantitative estimate of drug-likeness (QED) is 0.313. The number of phenols is 1. The van der Waals surface area contributed by atoms with Gasteiger partial charge >= 0.3 is 0 Å². The fraction of sp³-hybridized carbons (Fsp3) is 0.536. The van der Waals surface area contributed by atoms with Gasteiger partial charge in [0.25, 0.3) is 5.91 Å². The van der Waals surface area contributed by atoms with Crippen LogP contribution in [0.15, 0.2) is 40.9 Å². The molecule has 0 spiro atoms. The molecular formula is C28H36N2O8. The van der Waals surface area contributed by atoms with E-state index in [-0.39, 0.29) is 11.3 Å². The smallest absolute Gasteiger partial charge is 0.258 e. The Labute approximate surface area is 221 Å². The number of aliphatic hydroxyl groups excluding tert-OH is 3. The Morgan fingerprint density at radius 2 is 1.79 bits per heavy atom. The number of hydrogen-bond acceptors (Lipinski definition) is 9. The molecule has 10 nitrogen and oxygen atoms in total. The zero-order valence-electron chi connectivity index (χ0n) is 22.4. The maximum Gasteiger partial charge on any atom is 0.258 e. The molecule has 0 aromatic heterocycles. The van der Waals surface area contributed by atoms with Crippen molar-refractivity contribution >= 4 is 17.5 Å². The summed E-state index contributed by atoms with van der Waals surface area (Å²) in [6.45, 7) is 7.13. The third-order valence-electron chi connectivity index (χ3n) is 8.30. The van der Waals surface area contributed by atoms with Crippen molar-refractivity contribution in [3.8, 4) is 5.75 Å². The van der Waals surface area contributed by atoms with Crippen LogP contribution in [0.2, 0.25) is 0 Å². The SMILES string of the molecule is CCCC(C)(C)NC(=O)C1=C(O)[C@@H](N(C)C)[C@@H]2[C@@H](O)[C@H]3C(=C(O)[C@]2(O)C1=O)C(=O)c1c(O)cccc1[C@@H]3C. The van der Waals surface area contributed by atoms with Crippen LogP contribution in [0, 0.1) is 11.8 Å². The highest BCUT2D eigenvalue weighted by atomic mass is 16.4. The highest BCUT2D eigenvalue weighted by Gasteiger charge is 2.67. The maximum absolute atomic E-state index is 13.9. The fourth-order valence-corrected chi connectivity index (χ4v) is 6.62. The molecule has 0 saturated carbocycles. The Bertz CT molecular complexity index is 1280. The first kappa shape index (κ1) is 27.8. The van der Waals surface area contributed by atoms with Crippen molar-refractivity contribution < 1.29 is 39.9 Å². The molecule has 3 aliphatic rings. The van der Waals surface area contributed by atoms with Gasteiger partial charge in [-0.15, -0.1) is 0 Å².